The van der Waals surface area contributed by atoms with E-state index in [0.717, 1.165) is 0 Å². The van der Waals surface area contributed by atoms with Gasteiger partial charge in [-0.1, -0.05) is 0 Å². The van der Waals surface area contributed by atoms with Gasteiger partial charge in [0.05, 0.1) is 24.6 Å². The van der Waals surface area contributed by atoms with Gasteiger partial charge in [-0.2, -0.15) is 0 Å². The van der Waals surface area contributed by atoms with Gasteiger partial charge >= 0.3 is 5.97 Å². The normalized spacial score (nSPS) is 21.8. The Morgan fingerprint density at radius 2 is 2.30 bits per heavy atom. The van der Waals surface area contributed by atoms with Crippen molar-refractivity contribution in [2.75, 3.05) is 19.7 Å². The first-order valence-corrected chi connectivity index (χ1v) is 6.18. The lowest BCUT2D eigenvalue weighted by Gasteiger charge is -2.42. The lowest BCUT2D eigenvalue weighted by molar-refractivity contribution is -0.139. The first kappa shape index (κ1) is 14.5. The maximum Gasteiger partial charge on any atom is 0.354 e. The number of ether oxygens (including phenoxy) is 1. The molecule has 2 rings (SSSR count). The Hall–Kier alpha value is -1.93. The van der Waals surface area contributed by atoms with E-state index in [1.807, 2.05) is 0 Å². The van der Waals surface area contributed by atoms with Crippen molar-refractivity contribution in [3.63, 3.8) is 0 Å². The molecule has 0 spiro atoms. The van der Waals surface area contributed by atoms with Crippen molar-refractivity contribution in [2.45, 2.75) is 25.6 Å². The van der Waals surface area contributed by atoms with E-state index in [4.69, 9.17) is 9.84 Å². The molecule has 1 fully saturated rings. The first-order chi connectivity index (χ1) is 9.34. The van der Waals surface area contributed by atoms with Gasteiger partial charge in [0.25, 0.3) is 5.91 Å². The van der Waals surface area contributed by atoms with Crippen molar-refractivity contribution >= 4 is 11.9 Å². The monoisotopic (exact) mass is 283 g/mol. The van der Waals surface area contributed by atoms with Gasteiger partial charge in [0, 0.05) is 13.1 Å². The number of morpholine rings is 1. The molecule has 8 heteroatoms. The number of amides is 1. The van der Waals surface area contributed by atoms with Crippen LogP contribution in [0.25, 0.3) is 0 Å². The van der Waals surface area contributed by atoms with Gasteiger partial charge < -0.3 is 24.8 Å². The number of nitrogens with zero attached hydrogens (tertiary/aromatic N) is 2. The molecule has 0 aromatic carbocycles. The molecular formula is C12H17N3O5. The molecule has 1 saturated heterocycles. The minimum absolute atomic E-state index is 0.133. The van der Waals surface area contributed by atoms with Crippen LogP contribution in [0.1, 0.15) is 34.8 Å². The summed E-state index contributed by atoms with van der Waals surface area (Å²) in [6.45, 7) is 3.90. The molecule has 0 radical (unpaired) electrons. The van der Waals surface area contributed by atoms with Crippen molar-refractivity contribution in [3.05, 3.63) is 17.7 Å². The average molecular weight is 283 g/mol. The number of aliphatic hydroxyl groups is 1. The van der Waals surface area contributed by atoms with Crippen LogP contribution in [0.2, 0.25) is 0 Å². The lowest BCUT2D eigenvalue weighted by Crippen LogP contribution is -2.55. The number of carboxylic acids is 1. The van der Waals surface area contributed by atoms with E-state index in [0.29, 0.717) is 6.54 Å². The van der Waals surface area contributed by atoms with E-state index in [-0.39, 0.29) is 24.5 Å². The Morgan fingerprint density at radius 1 is 1.60 bits per heavy atom. The molecule has 1 atom stereocenters. The Kier molecular flexibility index (Phi) is 3.78. The molecule has 1 amide bonds. The number of aromatic carboxylic acids is 1. The number of hydrogen-bond donors (Lipinski definition) is 3. The number of hydrogen-bond acceptors (Lipinski definition) is 5. The van der Waals surface area contributed by atoms with Crippen molar-refractivity contribution in [1.82, 2.24) is 14.9 Å². The molecule has 110 valence electrons. The smallest absolute Gasteiger partial charge is 0.354 e. The van der Waals surface area contributed by atoms with Gasteiger partial charge in [-0.05, 0) is 13.8 Å². The molecule has 20 heavy (non-hydrogen) atoms. The fourth-order valence-corrected chi connectivity index (χ4v) is 2.31. The summed E-state index contributed by atoms with van der Waals surface area (Å²) in [5.74, 6) is -1.73. The molecule has 2 heterocycles. The summed E-state index contributed by atoms with van der Waals surface area (Å²) in [7, 11) is 0. The molecule has 1 unspecified atom stereocenters. The van der Waals surface area contributed by atoms with Crippen LogP contribution in [0, 0.1) is 0 Å². The fourth-order valence-electron chi connectivity index (χ4n) is 2.31. The largest absolute Gasteiger partial charge is 0.477 e. The zero-order valence-electron chi connectivity index (χ0n) is 11.3. The van der Waals surface area contributed by atoms with E-state index in [1.165, 1.54) is 11.2 Å². The van der Waals surface area contributed by atoms with Gasteiger partial charge in [0.1, 0.15) is 0 Å². The summed E-state index contributed by atoms with van der Waals surface area (Å²) in [6.07, 6.45) is 0.682. The summed E-state index contributed by atoms with van der Waals surface area (Å²) in [5, 5.41) is 18.2. The third-order valence-corrected chi connectivity index (χ3v) is 3.03. The van der Waals surface area contributed by atoms with Crippen LogP contribution in [0.4, 0.5) is 0 Å². The topological polar surface area (TPSA) is 116 Å². The van der Waals surface area contributed by atoms with E-state index < -0.39 is 23.6 Å². The minimum atomic E-state index is -1.24. The molecule has 0 saturated carbocycles. The molecule has 3 N–H and O–H groups in total. The van der Waals surface area contributed by atoms with Crippen molar-refractivity contribution in [1.29, 1.82) is 0 Å². The predicted molar refractivity (Wildman–Crippen MR) is 67.5 cm³/mol. The van der Waals surface area contributed by atoms with E-state index in [2.05, 4.69) is 9.97 Å². The lowest BCUT2D eigenvalue weighted by atomic mass is 10.0. The van der Waals surface area contributed by atoms with Gasteiger partial charge in [0.2, 0.25) is 0 Å². The highest BCUT2D eigenvalue weighted by atomic mass is 16.5. The third-order valence-electron chi connectivity index (χ3n) is 3.03. The highest BCUT2D eigenvalue weighted by Crippen LogP contribution is 2.22. The van der Waals surface area contributed by atoms with Crippen LogP contribution in [0.3, 0.4) is 0 Å². The Bertz CT molecular complexity index is 525. The standard InChI is InChI=1S/C12H17N3O5/c1-12(2)5-15(3-7(4-16)20-12)10(17)8-9(11(18)19)14-6-13-8/h6-7,16H,3-5H2,1-2H3,(H,13,14)(H,18,19). The van der Waals surface area contributed by atoms with Crippen molar-refractivity contribution < 1.29 is 24.5 Å². The number of aromatic amines is 1. The Labute approximate surface area is 115 Å². The molecule has 8 nitrogen and oxygen atoms in total. The van der Waals surface area contributed by atoms with Gasteiger partial charge in [0.15, 0.2) is 11.4 Å². The van der Waals surface area contributed by atoms with Crippen molar-refractivity contribution in [2.24, 2.45) is 0 Å². The zero-order valence-corrected chi connectivity index (χ0v) is 11.3. The quantitative estimate of drug-likeness (QED) is 0.702. The number of H-pyrrole nitrogens is 1. The maximum atomic E-state index is 12.4. The van der Waals surface area contributed by atoms with Crippen LogP contribution in [0.5, 0.6) is 0 Å². The Morgan fingerprint density at radius 3 is 2.90 bits per heavy atom. The summed E-state index contributed by atoms with van der Waals surface area (Å²) in [6, 6.07) is 0. The number of nitrogens with one attached hydrogen (secondary N) is 1. The molecule has 1 aromatic rings. The molecular weight excluding hydrogens is 266 g/mol. The second-order valence-electron chi connectivity index (χ2n) is 5.30. The summed E-state index contributed by atoms with van der Waals surface area (Å²) >= 11 is 0. The molecule has 1 aromatic heterocycles. The number of rotatable bonds is 3. The molecule has 0 aliphatic carbocycles. The van der Waals surface area contributed by atoms with Crippen LogP contribution in [-0.2, 0) is 4.74 Å². The van der Waals surface area contributed by atoms with E-state index in [9.17, 15) is 14.7 Å². The van der Waals surface area contributed by atoms with Crippen molar-refractivity contribution in [3.8, 4) is 0 Å². The highest BCUT2D eigenvalue weighted by Gasteiger charge is 2.37. The molecule has 1 aliphatic heterocycles. The van der Waals surface area contributed by atoms with Crippen LogP contribution in [0.15, 0.2) is 6.33 Å². The number of imidazole rings is 1. The first-order valence-electron chi connectivity index (χ1n) is 6.18. The van der Waals surface area contributed by atoms with Gasteiger partial charge in [-0.15, -0.1) is 0 Å². The second kappa shape index (κ2) is 5.22. The van der Waals surface area contributed by atoms with Gasteiger partial charge in [-0.25, -0.2) is 9.78 Å². The molecule has 0 bridgehead atoms. The minimum Gasteiger partial charge on any atom is -0.477 e. The number of aliphatic hydroxyl groups excluding tert-OH is 1. The second-order valence-corrected chi connectivity index (χ2v) is 5.30. The van der Waals surface area contributed by atoms with Crippen LogP contribution >= 0.6 is 0 Å². The van der Waals surface area contributed by atoms with Crippen LogP contribution < -0.4 is 0 Å². The third kappa shape index (κ3) is 2.81. The van der Waals surface area contributed by atoms with E-state index in [1.54, 1.807) is 13.8 Å². The summed E-state index contributed by atoms with van der Waals surface area (Å²) < 4.78 is 5.61. The number of carbonyl (C=O) groups is 2. The number of carboxylic acid groups (broad SMARTS) is 1. The SMILES string of the molecule is CC1(C)CN(C(=O)c2nc[nH]c2C(=O)O)CC(CO)O1. The van der Waals surface area contributed by atoms with Gasteiger partial charge in [-0.3, -0.25) is 4.79 Å². The predicted octanol–water partition coefficient (Wildman–Crippen LogP) is -0.280. The average Bonchev–Trinajstić information content (AvgIpc) is 2.85. The highest BCUT2D eigenvalue weighted by molar-refractivity contribution is 6.02. The van der Waals surface area contributed by atoms with Crippen LogP contribution in [-0.4, -0.2) is 68.4 Å². The maximum absolute atomic E-state index is 12.4. The molecule has 1 aliphatic rings. The summed E-state index contributed by atoms with van der Waals surface area (Å²) in [4.78, 5) is 31.1. The summed E-state index contributed by atoms with van der Waals surface area (Å²) in [5.41, 5.74) is -0.979. The Balaban J connectivity index is 2.24. The number of aromatic nitrogens is 2. The number of carbonyl (C=O) groups excluding carboxylic acids is 1. The zero-order chi connectivity index (χ0) is 14.9. The van der Waals surface area contributed by atoms with E-state index >= 15 is 0 Å². The fraction of sp³-hybridized carbons (Fsp3) is 0.583.